The van der Waals surface area contributed by atoms with Gasteiger partial charge in [0.05, 0.1) is 11.4 Å². The second-order valence-electron chi connectivity index (χ2n) is 5.12. The molecule has 2 aromatic rings. The highest BCUT2D eigenvalue weighted by atomic mass is 19.1. The minimum absolute atomic E-state index is 0.242. The molecule has 0 unspecified atom stereocenters. The van der Waals surface area contributed by atoms with Crippen LogP contribution < -0.4 is 15.0 Å². The average molecular weight is 290 g/mol. The van der Waals surface area contributed by atoms with Crippen LogP contribution in [0.2, 0.25) is 0 Å². The Kier molecular flexibility index (Phi) is 4.06. The highest BCUT2D eigenvalue weighted by molar-refractivity contribution is 5.59. The summed E-state index contributed by atoms with van der Waals surface area (Å²) in [4.78, 5) is 2.15. The van der Waals surface area contributed by atoms with Crippen molar-refractivity contribution in [3.8, 4) is 5.75 Å². The minimum atomic E-state index is -0.242. The van der Waals surface area contributed by atoms with E-state index < -0.39 is 0 Å². The summed E-state index contributed by atoms with van der Waals surface area (Å²) in [7, 11) is 1.87. The number of aryl methyl sites for hydroxylation is 1. The van der Waals surface area contributed by atoms with Gasteiger partial charge in [-0.25, -0.2) is 4.39 Å². The molecule has 1 saturated heterocycles. The molecule has 2 heterocycles. The zero-order valence-electron chi connectivity index (χ0n) is 12.1. The van der Waals surface area contributed by atoms with Crippen LogP contribution in [0.25, 0.3) is 0 Å². The maximum absolute atomic E-state index is 13.6. The van der Waals surface area contributed by atoms with Crippen LogP contribution in [-0.2, 0) is 13.7 Å². The molecule has 21 heavy (non-hydrogen) atoms. The third-order valence-electron chi connectivity index (χ3n) is 3.52. The largest absolute Gasteiger partial charge is 0.485 e. The molecular weight excluding hydrogens is 271 g/mol. The third kappa shape index (κ3) is 3.33. The van der Waals surface area contributed by atoms with Crippen molar-refractivity contribution >= 4 is 5.69 Å². The van der Waals surface area contributed by atoms with Gasteiger partial charge in [-0.05, 0) is 18.2 Å². The number of ether oxygens (including phenoxy) is 1. The van der Waals surface area contributed by atoms with E-state index in [0.717, 1.165) is 37.6 Å². The van der Waals surface area contributed by atoms with E-state index in [1.807, 2.05) is 19.3 Å². The van der Waals surface area contributed by atoms with Crippen LogP contribution in [0.4, 0.5) is 10.1 Å². The van der Waals surface area contributed by atoms with E-state index in [2.05, 4.69) is 15.3 Å². The SMILES string of the molecule is Cn1ccc(COc2ccc(F)cc2N2CCNCC2)n1. The van der Waals surface area contributed by atoms with Crippen molar-refractivity contribution in [2.24, 2.45) is 7.05 Å². The van der Waals surface area contributed by atoms with Gasteiger partial charge in [0.2, 0.25) is 0 Å². The Morgan fingerprint density at radius 2 is 2.10 bits per heavy atom. The van der Waals surface area contributed by atoms with E-state index in [1.54, 1.807) is 16.8 Å². The average Bonchev–Trinajstić information content (AvgIpc) is 2.92. The van der Waals surface area contributed by atoms with Gasteiger partial charge in [0, 0.05) is 45.5 Å². The van der Waals surface area contributed by atoms with E-state index in [-0.39, 0.29) is 5.82 Å². The first-order valence-electron chi connectivity index (χ1n) is 7.09. The van der Waals surface area contributed by atoms with Gasteiger partial charge in [-0.1, -0.05) is 0 Å². The molecule has 1 aromatic carbocycles. The molecule has 5 nitrogen and oxygen atoms in total. The van der Waals surface area contributed by atoms with Crippen molar-refractivity contribution in [3.63, 3.8) is 0 Å². The fraction of sp³-hybridized carbons (Fsp3) is 0.400. The lowest BCUT2D eigenvalue weighted by Gasteiger charge is -2.30. The number of nitrogens with one attached hydrogen (secondary N) is 1. The van der Waals surface area contributed by atoms with Crippen LogP contribution in [0.15, 0.2) is 30.5 Å². The highest BCUT2D eigenvalue weighted by Gasteiger charge is 2.16. The maximum Gasteiger partial charge on any atom is 0.143 e. The molecule has 0 radical (unpaired) electrons. The highest BCUT2D eigenvalue weighted by Crippen LogP contribution is 2.30. The summed E-state index contributed by atoms with van der Waals surface area (Å²) >= 11 is 0. The van der Waals surface area contributed by atoms with Crippen molar-refractivity contribution in [2.75, 3.05) is 31.1 Å². The van der Waals surface area contributed by atoms with E-state index in [4.69, 9.17) is 4.74 Å². The van der Waals surface area contributed by atoms with Crippen molar-refractivity contribution < 1.29 is 9.13 Å². The van der Waals surface area contributed by atoms with E-state index in [0.29, 0.717) is 12.4 Å². The summed E-state index contributed by atoms with van der Waals surface area (Å²) in [6.07, 6.45) is 1.88. The van der Waals surface area contributed by atoms with Gasteiger partial charge in [-0.2, -0.15) is 5.10 Å². The van der Waals surface area contributed by atoms with Gasteiger partial charge < -0.3 is 15.0 Å². The van der Waals surface area contributed by atoms with E-state index in [1.165, 1.54) is 6.07 Å². The summed E-state index contributed by atoms with van der Waals surface area (Å²) in [5.74, 6) is 0.456. The van der Waals surface area contributed by atoms with Crippen LogP contribution in [0.1, 0.15) is 5.69 Å². The smallest absolute Gasteiger partial charge is 0.143 e. The third-order valence-corrected chi connectivity index (χ3v) is 3.52. The number of aromatic nitrogens is 2. The number of rotatable bonds is 4. The number of benzene rings is 1. The number of hydrogen-bond donors (Lipinski definition) is 1. The minimum Gasteiger partial charge on any atom is -0.485 e. The second-order valence-corrected chi connectivity index (χ2v) is 5.12. The van der Waals surface area contributed by atoms with Crippen LogP contribution in [0.3, 0.4) is 0 Å². The van der Waals surface area contributed by atoms with Crippen LogP contribution >= 0.6 is 0 Å². The van der Waals surface area contributed by atoms with Crippen molar-refractivity contribution in [2.45, 2.75) is 6.61 Å². The Hall–Kier alpha value is -2.08. The monoisotopic (exact) mass is 290 g/mol. The summed E-state index contributed by atoms with van der Waals surface area (Å²) in [5, 5.41) is 7.57. The van der Waals surface area contributed by atoms with Crippen LogP contribution in [0, 0.1) is 5.82 Å². The van der Waals surface area contributed by atoms with Crippen LogP contribution in [0.5, 0.6) is 5.75 Å². The summed E-state index contributed by atoms with van der Waals surface area (Å²) < 4.78 is 21.1. The number of nitrogens with zero attached hydrogens (tertiary/aromatic N) is 3. The molecule has 0 amide bonds. The Morgan fingerprint density at radius 3 is 2.81 bits per heavy atom. The fourth-order valence-electron chi connectivity index (χ4n) is 2.46. The van der Waals surface area contributed by atoms with Crippen molar-refractivity contribution in [1.82, 2.24) is 15.1 Å². The lowest BCUT2D eigenvalue weighted by atomic mass is 10.2. The molecule has 1 aliphatic rings. The molecule has 0 bridgehead atoms. The first-order valence-corrected chi connectivity index (χ1v) is 7.09. The van der Waals surface area contributed by atoms with Gasteiger partial charge in [-0.15, -0.1) is 0 Å². The summed E-state index contributed by atoms with van der Waals surface area (Å²) in [5.41, 5.74) is 1.67. The molecule has 0 aliphatic carbocycles. The molecule has 0 spiro atoms. The molecular formula is C15H19FN4O. The fourth-order valence-corrected chi connectivity index (χ4v) is 2.46. The molecule has 1 aliphatic heterocycles. The molecule has 1 aromatic heterocycles. The Morgan fingerprint density at radius 1 is 1.29 bits per heavy atom. The van der Waals surface area contributed by atoms with Gasteiger partial charge in [0.1, 0.15) is 18.2 Å². The lowest BCUT2D eigenvalue weighted by Crippen LogP contribution is -2.43. The van der Waals surface area contributed by atoms with Gasteiger partial charge in [0.25, 0.3) is 0 Å². The molecule has 1 fully saturated rings. The van der Waals surface area contributed by atoms with Gasteiger partial charge in [-0.3, -0.25) is 4.68 Å². The topological polar surface area (TPSA) is 42.3 Å². The number of piperazine rings is 1. The normalized spacial score (nSPS) is 15.2. The Labute approximate surface area is 123 Å². The summed E-state index contributed by atoms with van der Waals surface area (Å²) in [6, 6.07) is 6.57. The Bertz CT molecular complexity index is 607. The first-order chi connectivity index (χ1) is 10.2. The zero-order valence-corrected chi connectivity index (χ0v) is 12.1. The molecule has 1 N–H and O–H groups in total. The molecule has 112 valence electrons. The predicted molar refractivity (Wildman–Crippen MR) is 79.0 cm³/mol. The zero-order chi connectivity index (χ0) is 14.7. The van der Waals surface area contributed by atoms with Crippen LogP contribution in [-0.4, -0.2) is 36.0 Å². The van der Waals surface area contributed by atoms with Gasteiger partial charge in [0.15, 0.2) is 0 Å². The molecule has 6 heteroatoms. The van der Waals surface area contributed by atoms with Crippen molar-refractivity contribution in [3.05, 3.63) is 42.0 Å². The predicted octanol–water partition coefficient (Wildman–Crippen LogP) is 1.55. The number of hydrogen-bond acceptors (Lipinski definition) is 4. The molecule has 0 saturated carbocycles. The Balaban J connectivity index is 1.77. The van der Waals surface area contributed by atoms with Gasteiger partial charge >= 0.3 is 0 Å². The standard InChI is InChI=1S/C15H19FN4O/c1-19-7-4-13(18-19)11-21-15-3-2-12(16)10-14(15)20-8-5-17-6-9-20/h2-4,7,10,17H,5-6,8-9,11H2,1H3. The quantitative estimate of drug-likeness (QED) is 0.927. The van der Waals surface area contributed by atoms with E-state index in [9.17, 15) is 4.39 Å². The van der Waals surface area contributed by atoms with Crippen molar-refractivity contribution in [1.29, 1.82) is 0 Å². The summed E-state index contributed by atoms with van der Waals surface area (Å²) in [6.45, 7) is 3.88. The first kappa shape index (κ1) is 13.9. The maximum atomic E-state index is 13.6. The molecule has 3 rings (SSSR count). The number of anilines is 1. The lowest BCUT2D eigenvalue weighted by molar-refractivity contribution is 0.299. The number of halogens is 1. The second kappa shape index (κ2) is 6.13. The van der Waals surface area contributed by atoms with E-state index >= 15 is 0 Å². The molecule has 0 atom stereocenters.